The summed E-state index contributed by atoms with van der Waals surface area (Å²) in [5.74, 6) is 0.878. The van der Waals surface area contributed by atoms with Gasteiger partial charge in [0.05, 0.1) is 5.69 Å². The molecule has 1 aromatic carbocycles. The van der Waals surface area contributed by atoms with Crippen LogP contribution in [-0.2, 0) is 6.54 Å². The molecule has 3 saturated heterocycles. The van der Waals surface area contributed by atoms with Gasteiger partial charge in [-0.2, -0.15) is 0 Å². The fraction of sp³-hybridized carbons (Fsp3) is 0.471. The normalized spacial score (nSPS) is 27.9. The molecule has 1 aromatic heterocycles. The van der Waals surface area contributed by atoms with Gasteiger partial charge in [-0.1, -0.05) is 30.3 Å². The van der Waals surface area contributed by atoms with Crippen LogP contribution < -0.4 is 5.32 Å². The van der Waals surface area contributed by atoms with E-state index in [0.717, 1.165) is 18.2 Å². The van der Waals surface area contributed by atoms with Gasteiger partial charge in [0.2, 0.25) is 0 Å². The van der Waals surface area contributed by atoms with Gasteiger partial charge in [-0.05, 0) is 31.8 Å². The van der Waals surface area contributed by atoms with E-state index < -0.39 is 0 Å². The second-order valence-electron chi connectivity index (χ2n) is 6.12. The van der Waals surface area contributed by atoms with Gasteiger partial charge in [0.15, 0.2) is 0 Å². The minimum atomic E-state index is 0.663. The third-order valence-electron chi connectivity index (χ3n) is 4.79. The lowest BCUT2D eigenvalue weighted by atomic mass is 9.84. The second kappa shape index (κ2) is 5.87. The molecule has 4 heterocycles. The van der Waals surface area contributed by atoms with Crippen molar-refractivity contribution in [1.82, 2.24) is 15.2 Å². The number of thiazole rings is 1. The summed E-state index contributed by atoms with van der Waals surface area (Å²) in [6, 6.07) is 11.1. The van der Waals surface area contributed by atoms with Crippen LogP contribution in [0.5, 0.6) is 0 Å². The zero-order valence-electron chi connectivity index (χ0n) is 12.2. The first-order chi connectivity index (χ1) is 10.4. The summed E-state index contributed by atoms with van der Waals surface area (Å²) in [7, 11) is 0. The van der Waals surface area contributed by atoms with Gasteiger partial charge in [-0.15, -0.1) is 11.3 Å². The first kappa shape index (κ1) is 13.4. The molecule has 110 valence electrons. The van der Waals surface area contributed by atoms with Gasteiger partial charge < -0.3 is 10.2 Å². The van der Waals surface area contributed by atoms with Crippen LogP contribution in [0, 0.1) is 5.92 Å². The van der Waals surface area contributed by atoms with E-state index >= 15 is 0 Å². The minimum absolute atomic E-state index is 0.663. The Morgan fingerprint density at radius 3 is 2.71 bits per heavy atom. The lowest BCUT2D eigenvalue weighted by Gasteiger charge is -2.45. The first-order valence-electron chi connectivity index (χ1n) is 7.84. The van der Waals surface area contributed by atoms with Crippen LogP contribution in [0.2, 0.25) is 0 Å². The summed E-state index contributed by atoms with van der Waals surface area (Å²) < 4.78 is 0. The average Bonchev–Trinajstić information content (AvgIpc) is 3.04. The maximum Gasteiger partial charge on any atom is 0.107 e. The summed E-state index contributed by atoms with van der Waals surface area (Å²) in [6.45, 7) is 4.74. The van der Waals surface area contributed by atoms with Crippen LogP contribution >= 0.6 is 11.3 Å². The lowest BCUT2D eigenvalue weighted by molar-refractivity contribution is 0.0720. The van der Waals surface area contributed by atoms with Crippen molar-refractivity contribution in [1.29, 1.82) is 0 Å². The number of hydrogen-bond donors (Lipinski definition) is 1. The number of fused-ring (bicyclic) bond motifs is 3. The number of rotatable bonds is 4. The monoisotopic (exact) mass is 299 g/mol. The topological polar surface area (TPSA) is 28.2 Å². The van der Waals surface area contributed by atoms with Crippen LogP contribution in [0.25, 0.3) is 11.3 Å². The van der Waals surface area contributed by atoms with E-state index in [9.17, 15) is 0 Å². The Morgan fingerprint density at radius 2 is 2.00 bits per heavy atom. The molecule has 1 unspecified atom stereocenters. The molecular formula is C17H21N3S. The number of aromatic nitrogens is 1. The summed E-state index contributed by atoms with van der Waals surface area (Å²) in [6.07, 6.45) is 2.73. The van der Waals surface area contributed by atoms with Crippen molar-refractivity contribution in [2.75, 3.05) is 19.6 Å². The molecule has 21 heavy (non-hydrogen) atoms. The van der Waals surface area contributed by atoms with E-state index in [4.69, 9.17) is 4.98 Å². The molecular weight excluding hydrogens is 278 g/mol. The van der Waals surface area contributed by atoms with E-state index in [1.807, 2.05) is 6.07 Å². The largest absolute Gasteiger partial charge is 0.306 e. The smallest absolute Gasteiger partial charge is 0.107 e. The molecule has 3 fully saturated rings. The molecule has 2 bridgehead atoms. The minimum Gasteiger partial charge on any atom is -0.306 e. The molecule has 1 atom stereocenters. The van der Waals surface area contributed by atoms with Gasteiger partial charge in [0.1, 0.15) is 5.01 Å². The highest BCUT2D eigenvalue weighted by molar-refractivity contribution is 7.09. The predicted octanol–water partition coefficient (Wildman–Crippen LogP) is 2.99. The van der Waals surface area contributed by atoms with Crippen molar-refractivity contribution in [3.63, 3.8) is 0 Å². The fourth-order valence-electron chi connectivity index (χ4n) is 3.55. The van der Waals surface area contributed by atoms with Crippen LogP contribution in [0.3, 0.4) is 0 Å². The average molecular weight is 299 g/mol. The number of nitrogens with one attached hydrogen (secondary N) is 1. The van der Waals surface area contributed by atoms with E-state index in [2.05, 4.69) is 39.9 Å². The highest BCUT2D eigenvalue weighted by atomic mass is 32.1. The van der Waals surface area contributed by atoms with Gasteiger partial charge >= 0.3 is 0 Å². The second-order valence-corrected chi connectivity index (χ2v) is 7.06. The Labute approximate surface area is 130 Å². The van der Waals surface area contributed by atoms with Crippen LogP contribution in [0.1, 0.15) is 17.8 Å². The van der Waals surface area contributed by atoms with Crippen molar-refractivity contribution in [3.8, 4) is 11.3 Å². The number of hydrogen-bond acceptors (Lipinski definition) is 4. The SMILES string of the molecule is c1ccc(-c2csc(CNC3CN4CCC3CC4)n2)cc1. The van der Waals surface area contributed by atoms with Gasteiger partial charge in [0, 0.05) is 30.1 Å². The van der Waals surface area contributed by atoms with Gasteiger partial charge in [-0.3, -0.25) is 0 Å². The van der Waals surface area contributed by atoms with Gasteiger partial charge in [-0.25, -0.2) is 4.98 Å². The molecule has 0 saturated carbocycles. The highest BCUT2D eigenvalue weighted by Crippen LogP contribution is 2.28. The molecule has 0 amide bonds. The lowest BCUT2D eigenvalue weighted by Crippen LogP contribution is -2.55. The molecule has 1 N–H and O–H groups in total. The summed E-state index contributed by atoms with van der Waals surface area (Å²) in [4.78, 5) is 7.36. The Morgan fingerprint density at radius 1 is 1.19 bits per heavy atom. The van der Waals surface area contributed by atoms with Crippen molar-refractivity contribution < 1.29 is 0 Å². The molecule has 0 radical (unpaired) electrons. The number of piperidine rings is 3. The summed E-state index contributed by atoms with van der Waals surface area (Å²) >= 11 is 1.77. The highest BCUT2D eigenvalue weighted by Gasteiger charge is 2.33. The van der Waals surface area contributed by atoms with Crippen LogP contribution in [-0.4, -0.2) is 35.6 Å². The fourth-order valence-corrected chi connectivity index (χ4v) is 4.30. The molecule has 0 spiro atoms. The molecule has 4 heteroatoms. The summed E-state index contributed by atoms with van der Waals surface area (Å²) in [5, 5.41) is 7.11. The van der Waals surface area contributed by atoms with Crippen molar-refractivity contribution in [3.05, 3.63) is 40.7 Å². The van der Waals surface area contributed by atoms with Gasteiger partial charge in [0.25, 0.3) is 0 Å². The van der Waals surface area contributed by atoms with Crippen molar-refractivity contribution in [2.45, 2.75) is 25.4 Å². The third kappa shape index (κ3) is 2.89. The quantitative estimate of drug-likeness (QED) is 0.940. The molecule has 3 aliphatic rings. The van der Waals surface area contributed by atoms with Crippen LogP contribution in [0.4, 0.5) is 0 Å². The molecule has 0 aliphatic carbocycles. The van der Waals surface area contributed by atoms with Crippen LogP contribution in [0.15, 0.2) is 35.7 Å². The molecule has 3 aliphatic heterocycles. The predicted molar refractivity (Wildman–Crippen MR) is 87.3 cm³/mol. The van der Waals surface area contributed by atoms with E-state index in [-0.39, 0.29) is 0 Å². The molecule has 5 rings (SSSR count). The van der Waals surface area contributed by atoms with E-state index in [0.29, 0.717) is 6.04 Å². The van der Waals surface area contributed by atoms with Crippen molar-refractivity contribution in [2.24, 2.45) is 5.92 Å². The molecule has 2 aromatic rings. The van der Waals surface area contributed by atoms with E-state index in [1.54, 1.807) is 11.3 Å². The number of benzene rings is 1. The Kier molecular flexibility index (Phi) is 3.76. The zero-order chi connectivity index (χ0) is 14.1. The Bertz CT molecular complexity index is 587. The third-order valence-corrected chi connectivity index (χ3v) is 5.64. The standard InChI is InChI=1S/C17H21N3S/c1-2-4-13(5-3-1)16-12-21-17(19-16)10-18-15-11-20-8-6-14(15)7-9-20/h1-5,12,14-15,18H,6-11H2. The maximum absolute atomic E-state index is 4.77. The Balaban J connectivity index is 1.39. The van der Waals surface area contributed by atoms with E-state index in [1.165, 1.54) is 43.0 Å². The first-order valence-corrected chi connectivity index (χ1v) is 8.72. The Hall–Kier alpha value is -1.23. The maximum atomic E-state index is 4.77. The zero-order valence-corrected chi connectivity index (χ0v) is 13.0. The summed E-state index contributed by atoms with van der Waals surface area (Å²) in [5.41, 5.74) is 2.31. The number of nitrogens with zero attached hydrogens (tertiary/aromatic N) is 2. The molecule has 3 nitrogen and oxygen atoms in total. The van der Waals surface area contributed by atoms with Crippen molar-refractivity contribution >= 4 is 11.3 Å².